The van der Waals surface area contributed by atoms with Gasteiger partial charge in [0.2, 0.25) is 0 Å². The van der Waals surface area contributed by atoms with Crippen molar-refractivity contribution in [3.63, 3.8) is 0 Å². The number of hydrogen-bond donors (Lipinski definition) is 0. The van der Waals surface area contributed by atoms with Crippen molar-refractivity contribution >= 4 is 17.9 Å². The molecule has 0 aromatic carbocycles. The van der Waals surface area contributed by atoms with Gasteiger partial charge in [-0.15, -0.1) is 0 Å². The first-order chi connectivity index (χ1) is 17.0. The van der Waals surface area contributed by atoms with E-state index in [9.17, 15) is 14.4 Å². The standard InChI is InChI=1S/C30H56O6/c1-8-30(34-27(31)21-15-9-12-18-24(2)3,35-28(32)22-16-10-13-19-25(4)5)36-29(33)23-17-11-14-20-26(6)7/h24-26H,8-23H2,1-7H3. The van der Waals surface area contributed by atoms with Gasteiger partial charge in [0.25, 0.3) is 0 Å². The largest absolute Gasteiger partial charge is 0.423 e. The third-order valence-corrected chi connectivity index (χ3v) is 6.23. The fourth-order valence-electron chi connectivity index (χ4n) is 3.95. The molecule has 0 unspecified atom stereocenters. The zero-order valence-corrected chi connectivity index (χ0v) is 24.5. The van der Waals surface area contributed by atoms with Crippen LogP contribution >= 0.6 is 0 Å². The molecule has 0 bridgehead atoms. The van der Waals surface area contributed by atoms with E-state index in [4.69, 9.17) is 14.2 Å². The molecular weight excluding hydrogens is 456 g/mol. The summed E-state index contributed by atoms with van der Waals surface area (Å²) in [5.74, 6) is -1.57. The van der Waals surface area contributed by atoms with Crippen molar-refractivity contribution in [2.75, 3.05) is 0 Å². The summed E-state index contributed by atoms with van der Waals surface area (Å²) in [6.07, 6.45) is 12.1. The van der Waals surface area contributed by atoms with Crippen molar-refractivity contribution in [1.82, 2.24) is 0 Å². The van der Waals surface area contributed by atoms with Crippen molar-refractivity contribution in [2.45, 2.75) is 157 Å². The predicted octanol–water partition coefficient (Wildman–Crippen LogP) is 8.50. The molecule has 0 heterocycles. The molecule has 0 atom stereocenters. The second-order valence-electron chi connectivity index (χ2n) is 11.4. The minimum absolute atomic E-state index is 0.0598. The Hall–Kier alpha value is -1.59. The molecule has 6 heteroatoms. The number of hydrogen-bond acceptors (Lipinski definition) is 6. The highest BCUT2D eigenvalue weighted by Crippen LogP contribution is 2.25. The van der Waals surface area contributed by atoms with Crippen molar-refractivity contribution in [3.05, 3.63) is 0 Å². The van der Waals surface area contributed by atoms with Crippen molar-refractivity contribution in [3.8, 4) is 0 Å². The molecule has 0 spiro atoms. The Balaban J connectivity index is 4.92. The summed E-state index contributed by atoms with van der Waals surface area (Å²) in [5, 5.41) is 0. The van der Waals surface area contributed by atoms with Gasteiger partial charge >= 0.3 is 23.9 Å². The number of carbonyl (C=O) groups is 3. The summed E-state index contributed by atoms with van der Waals surface area (Å²) in [6, 6.07) is 0. The molecule has 0 aromatic heterocycles. The van der Waals surface area contributed by atoms with Gasteiger partial charge in [-0.05, 0) is 37.0 Å². The van der Waals surface area contributed by atoms with Crippen LogP contribution in [0.25, 0.3) is 0 Å². The van der Waals surface area contributed by atoms with E-state index in [0.717, 1.165) is 57.8 Å². The van der Waals surface area contributed by atoms with E-state index < -0.39 is 23.9 Å². The van der Waals surface area contributed by atoms with Gasteiger partial charge in [0.1, 0.15) is 0 Å². The minimum Gasteiger partial charge on any atom is -0.388 e. The average molecular weight is 513 g/mol. The number of rotatable bonds is 22. The Kier molecular flexibility index (Phi) is 19.6. The number of ether oxygens (including phenoxy) is 3. The van der Waals surface area contributed by atoms with Gasteiger partial charge in [-0.1, -0.05) is 106 Å². The van der Waals surface area contributed by atoms with Gasteiger partial charge in [0, 0.05) is 19.3 Å². The van der Waals surface area contributed by atoms with Crippen LogP contribution < -0.4 is 0 Å². The van der Waals surface area contributed by atoms with E-state index >= 15 is 0 Å². The predicted molar refractivity (Wildman–Crippen MR) is 145 cm³/mol. The number of unbranched alkanes of at least 4 members (excludes halogenated alkanes) is 6. The molecule has 0 fully saturated rings. The highest BCUT2D eigenvalue weighted by molar-refractivity contribution is 5.73. The Bertz CT molecular complexity index is 517. The van der Waals surface area contributed by atoms with Crippen LogP contribution in [0.15, 0.2) is 0 Å². The fraction of sp³-hybridized carbons (Fsp3) is 0.900. The molecule has 0 saturated carbocycles. The van der Waals surface area contributed by atoms with Gasteiger partial charge in [-0.2, -0.15) is 0 Å². The Labute approximate surface area is 221 Å². The van der Waals surface area contributed by atoms with E-state index in [2.05, 4.69) is 41.5 Å². The Morgan fingerprint density at radius 2 is 0.778 bits per heavy atom. The summed E-state index contributed by atoms with van der Waals surface area (Å²) in [6.45, 7) is 14.8. The van der Waals surface area contributed by atoms with Gasteiger partial charge in [0.15, 0.2) is 0 Å². The van der Waals surface area contributed by atoms with Crippen molar-refractivity contribution < 1.29 is 28.6 Å². The van der Waals surface area contributed by atoms with Gasteiger partial charge in [-0.25, -0.2) is 0 Å². The molecule has 0 rings (SSSR count). The van der Waals surface area contributed by atoms with Crippen LogP contribution in [-0.4, -0.2) is 23.9 Å². The summed E-state index contributed by atoms with van der Waals surface area (Å²) in [4.78, 5) is 37.8. The molecular formula is C30H56O6. The third-order valence-electron chi connectivity index (χ3n) is 6.23. The zero-order valence-electron chi connectivity index (χ0n) is 24.5. The lowest BCUT2D eigenvalue weighted by molar-refractivity contribution is -0.331. The quantitative estimate of drug-likeness (QED) is 0.0822. The molecule has 6 nitrogen and oxygen atoms in total. The minimum atomic E-state index is -1.97. The second-order valence-corrected chi connectivity index (χ2v) is 11.4. The van der Waals surface area contributed by atoms with Crippen LogP contribution in [0.5, 0.6) is 0 Å². The molecule has 0 aliphatic carbocycles. The topological polar surface area (TPSA) is 78.9 Å². The van der Waals surface area contributed by atoms with E-state index in [1.54, 1.807) is 6.92 Å². The molecule has 0 saturated heterocycles. The van der Waals surface area contributed by atoms with Crippen molar-refractivity contribution in [2.24, 2.45) is 17.8 Å². The smallest absolute Gasteiger partial charge is 0.388 e. The van der Waals surface area contributed by atoms with Crippen LogP contribution in [0.4, 0.5) is 0 Å². The Morgan fingerprint density at radius 3 is 1.00 bits per heavy atom. The monoisotopic (exact) mass is 512 g/mol. The summed E-state index contributed by atoms with van der Waals surface area (Å²) in [5.41, 5.74) is 0. The lowest BCUT2D eigenvalue weighted by atomic mass is 10.0. The molecule has 212 valence electrons. The maximum absolute atomic E-state index is 12.6. The first-order valence-corrected chi connectivity index (χ1v) is 14.6. The van der Waals surface area contributed by atoms with Crippen LogP contribution in [0.2, 0.25) is 0 Å². The van der Waals surface area contributed by atoms with Crippen LogP contribution in [0, 0.1) is 17.8 Å². The van der Waals surface area contributed by atoms with Gasteiger partial charge in [-0.3, -0.25) is 14.4 Å². The first-order valence-electron chi connectivity index (χ1n) is 14.6. The summed E-state index contributed by atoms with van der Waals surface area (Å²) < 4.78 is 16.6. The van der Waals surface area contributed by atoms with Crippen LogP contribution in [0.1, 0.15) is 151 Å². The average Bonchev–Trinajstić information content (AvgIpc) is 2.77. The third kappa shape index (κ3) is 19.6. The molecule has 36 heavy (non-hydrogen) atoms. The van der Waals surface area contributed by atoms with Gasteiger partial charge in [0.05, 0.1) is 6.42 Å². The SMILES string of the molecule is CCC(OC(=O)CCCCCC(C)C)(OC(=O)CCCCCC(C)C)OC(=O)CCCCCC(C)C. The van der Waals surface area contributed by atoms with Crippen LogP contribution in [0.3, 0.4) is 0 Å². The van der Waals surface area contributed by atoms with E-state index in [0.29, 0.717) is 37.0 Å². The fourth-order valence-corrected chi connectivity index (χ4v) is 3.95. The Morgan fingerprint density at radius 1 is 0.500 bits per heavy atom. The number of carbonyl (C=O) groups excluding carboxylic acids is 3. The number of esters is 3. The molecule has 0 N–H and O–H groups in total. The normalized spacial score (nSPS) is 11.8. The highest BCUT2D eigenvalue weighted by atomic mass is 16.9. The lowest BCUT2D eigenvalue weighted by Crippen LogP contribution is -2.44. The van der Waals surface area contributed by atoms with E-state index in [-0.39, 0.29) is 25.7 Å². The molecule has 0 aliphatic rings. The molecule has 0 amide bonds. The zero-order chi connectivity index (χ0) is 27.4. The summed E-state index contributed by atoms with van der Waals surface area (Å²) >= 11 is 0. The molecule has 0 aromatic rings. The van der Waals surface area contributed by atoms with Crippen molar-refractivity contribution in [1.29, 1.82) is 0 Å². The first kappa shape index (κ1) is 34.4. The molecule has 0 radical (unpaired) electrons. The maximum Gasteiger partial charge on any atom is 0.423 e. The van der Waals surface area contributed by atoms with Gasteiger partial charge < -0.3 is 14.2 Å². The van der Waals surface area contributed by atoms with E-state index in [1.807, 2.05) is 0 Å². The highest BCUT2D eigenvalue weighted by Gasteiger charge is 2.41. The lowest BCUT2D eigenvalue weighted by Gasteiger charge is -2.30. The maximum atomic E-state index is 12.6. The van der Waals surface area contributed by atoms with E-state index in [1.165, 1.54) is 0 Å². The summed E-state index contributed by atoms with van der Waals surface area (Å²) in [7, 11) is 0. The van der Waals surface area contributed by atoms with Crippen LogP contribution in [-0.2, 0) is 28.6 Å². The molecule has 0 aliphatic heterocycles. The second kappa shape index (κ2) is 20.5.